The number of hydrogen-bond acceptors (Lipinski definition) is 5. The van der Waals surface area contributed by atoms with Gasteiger partial charge >= 0.3 is 0 Å². The van der Waals surface area contributed by atoms with E-state index in [1.54, 1.807) is 0 Å². The van der Waals surface area contributed by atoms with Gasteiger partial charge in [-0.2, -0.15) is 4.99 Å². The molecule has 3 aliphatic heterocycles. The van der Waals surface area contributed by atoms with Gasteiger partial charge < -0.3 is 9.47 Å². The van der Waals surface area contributed by atoms with Crippen LogP contribution < -0.4 is 10.3 Å². The highest BCUT2D eigenvalue weighted by Gasteiger charge is 2.36. The second kappa shape index (κ2) is 6.34. The molecule has 1 amide bonds. The van der Waals surface area contributed by atoms with Crippen molar-refractivity contribution in [3.05, 3.63) is 42.5 Å². The van der Waals surface area contributed by atoms with Gasteiger partial charge in [-0.25, -0.2) is 10.4 Å². The lowest BCUT2D eigenvalue weighted by atomic mass is 10.4. The van der Waals surface area contributed by atoms with E-state index in [-0.39, 0.29) is 5.91 Å². The lowest BCUT2D eigenvalue weighted by Gasteiger charge is -2.27. The van der Waals surface area contributed by atoms with E-state index in [2.05, 4.69) is 23.2 Å². The number of amides is 1. The van der Waals surface area contributed by atoms with Gasteiger partial charge in [0.15, 0.2) is 11.7 Å². The van der Waals surface area contributed by atoms with Crippen LogP contribution in [0.3, 0.4) is 0 Å². The molecule has 1 unspecified atom stereocenters. The van der Waals surface area contributed by atoms with Crippen molar-refractivity contribution in [1.82, 2.24) is 19.9 Å². The summed E-state index contributed by atoms with van der Waals surface area (Å²) in [5.74, 6) is 4.29. The molecule has 8 nitrogen and oxygen atoms in total. The van der Waals surface area contributed by atoms with Crippen molar-refractivity contribution in [2.75, 3.05) is 25.5 Å². The number of amidine groups is 1. The van der Waals surface area contributed by atoms with Crippen LogP contribution in [0.25, 0.3) is 6.08 Å². The fraction of sp³-hybridized carbons (Fsp3) is 0.450. The van der Waals surface area contributed by atoms with Gasteiger partial charge in [0, 0.05) is 32.8 Å². The monoisotopic (exact) mass is 380 g/mol. The van der Waals surface area contributed by atoms with Crippen molar-refractivity contribution >= 4 is 23.6 Å². The Hall–Kier alpha value is -2.87. The van der Waals surface area contributed by atoms with E-state index in [1.165, 1.54) is 12.8 Å². The molecule has 8 heteroatoms. The highest BCUT2D eigenvalue weighted by atomic mass is 16.2. The molecule has 2 fully saturated rings. The third-order valence-electron chi connectivity index (χ3n) is 5.66. The van der Waals surface area contributed by atoms with Crippen LogP contribution >= 0.6 is 0 Å². The molecule has 1 aromatic heterocycles. The van der Waals surface area contributed by atoms with Gasteiger partial charge in [-0.1, -0.05) is 0 Å². The van der Waals surface area contributed by atoms with E-state index in [4.69, 9.17) is 9.98 Å². The standard InChI is InChI=1S/C20H26N7O/c1-24-10-11-27(2)19(14-24)21-16(23-27)7-8-17-22-18(26-9-3-4-20(26)28)13-25(17)12-15-5-6-15/h7-8,10-11,13-15H,3-6,9,12H2,1-2H3,(H,21,23)/q+1/b8-7+. The molecule has 4 heterocycles. The summed E-state index contributed by atoms with van der Waals surface area (Å²) in [4.78, 5) is 25.4. The van der Waals surface area contributed by atoms with E-state index in [0.717, 1.165) is 48.7 Å². The predicted octanol–water partition coefficient (Wildman–Crippen LogP) is 2.01. The van der Waals surface area contributed by atoms with E-state index >= 15 is 0 Å². The van der Waals surface area contributed by atoms with Gasteiger partial charge in [0.05, 0.1) is 12.4 Å². The second-order valence-electron chi connectivity index (χ2n) is 8.17. The molecule has 0 radical (unpaired) electrons. The number of quaternary nitrogens is 1. The third-order valence-corrected chi connectivity index (χ3v) is 5.66. The first-order valence-electron chi connectivity index (χ1n) is 9.93. The van der Waals surface area contributed by atoms with Crippen molar-refractivity contribution < 1.29 is 9.39 Å². The summed E-state index contributed by atoms with van der Waals surface area (Å²) in [5, 5.41) is 0. The second-order valence-corrected chi connectivity index (χ2v) is 8.17. The molecule has 1 saturated carbocycles. The quantitative estimate of drug-likeness (QED) is 0.794. The Balaban J connectivity index is 1.40. The molecule has 146 valence electrons. The Labute approximate surface area is 164 Å². The molecule has 0 bridgehead atoms. The fourth-order valence-electron chi connectivity index (χ4n) is 3.80. The first kappa shape index (κ1) is 17.2. The molecule has 1 N–H and O–H groups in total. The van der Waals surface area contributed by atoms with Gasteiger partial charge in [-0.3, -0.25) is 9.69 Å². The maximum Gasteiger partial charge on any atom is 0.275 e. The Kier molecular flexibility index (Phi) is 3.90. The molecule has 1 saturated heterocycles. The summed E-state index contributed by atoms with van der Waals surface area (Å²) < 4.78 is 2.63. The van der Waals surface area contributed by atoms with Crippen LogP contribution in [0.4, 0.5) is 5.82 Å². The zero-order valence-corrected chi connectivity index (χ0v) is 16.4. The van der Waals surface area contributed by atoms with Crippen LogP contribution in [-0.2, 0) is 11.3 Å². The maximum absolute atomic E-state index is 12.1. The maximum atomic E-state index is 12.1. The molecule has 0 spiro atoms. The molecular weight excluding hydrogens is 354 g/mol. The van der Waals surface area contributed by atoms with Crippen LogP contribution in [0, 0.1) is 5.92 Å². The third kappa shape index (κ3) is 3.13. The summed E-state index contributed by atoms with van der Waals surface area (Å²) >= 11 is 0. The first-order valence-corrected chi connectivity index (χ1v) is 9.93. The van der Waals surface area contributed by atoms with Crippen molar-refractivity contribution in [1.29, 1.82) is 0 Å². The average molecular weight is 380 g/mol. The predicted molar refractivity (Wildman–Crippen MR) is 107 cm³/mol. The molecule has 1 aromatic rings. The minimum Gasteiger partial charge on any atom is -0.346 e. The summed E-state index contributed by atoms with van der Waals surface area (Å²) in [7, 11) is 4.05. The molecule has 4 aliphatic rings. The Morgan fingerprint density at radius 2 is 2.21 bits per heavy atom. The topological polar surface area (TPSA) is 65.8 Å². The average Bonchev–Trinajstić information content (AvgIpc) is 3.07. The van der Waals surface area contributed by atoms with Crippen molar-refractivity contribution in [3.63, 3.8) is 0 Å². The summed E-state index contributed by atoms with van der Waals surface area (Å²) in [6.45, 7) is 1.72. The Morgan fingerprint density at radius 3 is 2.96 bits per heavy atom. The summed E-state index contributed by atoms with van der Waals surface area (Å²) in [6.07, 6.45) is 16.2. The lowest BCUT2D eigenvalue weighted by Crippen LogP contribution is -2.48. The largest absolute Gasteiger partial charge is 0.346 e. The van der Waals surface area contributed by atoms with Gasteiger partial charge in [0.25, 0.3) is 5.82 Å². The highest BCUT2D eigenvalue weighted by molar-refractivity contribution is 5.97. The number of imidazole rings is 1. The van der Waals surface area contributed by atoms with Crippen LogP contribution in [0.5, 0.6) is 0 Å². The van der Waals surface area contributed by atoms with Crippen molar-refractivity contribution in [2.24, 2.45) is 10.9 Å². The molecular formula is C20H26N7O+. The Morgan fingerprint density at radius 1 is 1.36 bits per heavy atom. The number of aromatic nitrogens is 2. The van der Waals surface area contributed by atoms with E-state index < -0.39 is 0 Å². The zero-order chi connectivity index (χ0) is 19.3. The van der Waals surface area contributed by atoms with Crippen molar-refractivity contribution in [3.8, 4) is 0 Å². The van der Waals surface area contributed by atoms with Gasteiger partial charge in [0.2, 0.25) is 5.91 Å². The highest BCUT2D eigenvalue weighted by Crippen LogP contribution is 2.32. The number of hydrogen-bond donors (Lipinski definition) is 1. The van der Waals surface area contributed by atoms with E-state index in [9.17, 15) is 4.79 Å². The number of carbonyl (C=O) groups is 1. The molecule has 28 heavy (non-hydrogen) atoms. The first-order chi connectivity index (χ1) is 13.5. The van der Waals surface area contributed by atoms with E-state index in [1.807, 2.05) is 47.6 Å². The minimum absolute atomic E-state index is 0.172. The SMILES string of the molecule is CN1C=C[N+]2(C)NC(/C=C/c3nc(N4CCCC4=O)cn3CC3CC3)=NC2=C1. The lowest BCUT2D eigenvalue weighted by molar-refractivity contribution is -0.853. The van der Waals surface area contributed by atoms with Crippen LogP contribution in [0.2, 0.25) is 0 Å². The normalized spacial score (nSPS) is 26.7. The number of fused-ring (bicyclic) bond motifs is 1. The number of aliphatic imine (C=N–C) groups is 1. The Bertz CT molecular complexity index is 936. The smallest absolute Gasteiger partial charge is 0.275 e. The van der Waals surface area contributed by atoms with Gasteiger partial charge in [-0.15, -0.1) is 4.59 Å². The molecule has 1 atom stereocenters. The number of rotatable bonds is 5. The molecule has 1 aliphatic carbocycles. The van der Waals surface area contributed by atoms with Crippen LogP contribution in [-0.4, -0.2) is 51.4 Å². The summed E-state index contributed by atoms with van der Waals surface area (Å²) in [6, 6.07) is 0. The molecule has 5 rings (SSSR count). The minimum atomic E-state index is 0.172. The van der Waals surface area contributed by atoms with Crippen molar-refractivity contribution in [2.45, 2.75) is 32.2 Å². The number of nitrogens with one attached hydrogen (secondary N) is 1. The number of nitrogens with zero attached hydrogens (tertiary/aromatic N) is 6. The fourth-order valence-corrected chi connectivity index (χ4v) is 3.80. The number of anilines is 1. The molecule has 0 aromatic carbocycles. The van der Waals surface area contributed by atoms with Crippen LogP contribution in [0.15, 0.2) is 41.7 Å². The van der Waals surface area contributed by atoms with Gasteiger partial charge in [-0.05, 0) is 37.3 Å². The van der Waals surface area contributed by atoms with E-state index in [0.29, 0.717) is 11.0 Å². The summed E-state index contributed by atoms with van der Waals surface area (Å²) in [5.41, 5.74) is 3.42. The van der Waals surface area contributed by atoms with Gasteiger partial charge in [0.1, 0.15) is 19.1 Å². The zero-order valence-electron chi connectivity index (χ0n) is 16.4. The van der Waals surface area contributed by atoms with Crippen LogP contribution in [0.1, 0.15) is 31.5 Å². The number of carbonyl (C=O) groups excluding carboxylic acids is 1.